The monoisotopic (exact) mass is 389 g/mol. The summed E-state index contributed by atoms with van der Waals surface area (Å²) in [4.78, 5) is 14.3. The number of amides is 1. The number of nitrogens with one attached hydrogen (secondary N) is 1. The molecule has 3 N–H and O–H groups in total. The van der Waals surface area contributed by atoms with Gasteiger partial charge < -0.3 is 16.0 Å². The Balaban J connectivity index is 0.00000243. The van der Waals surface area contributed by atoms with Crippen molar-refractivity contribution in [3.05, 3.63) is 75.3 Å². The van der Waals surface area contributed by atoms with Gasteiger partial charge in [0.15, 0.2) is 0 Å². The molecular weight excluding hydrogens is 369 g/mol. The lowest BCUT2D eigenvalue weighted by atomic mass is 9.96. The van der Waals surface area contributed by atoms with E-state index in [1.165, 1.54) is 0 Å². The molecule has 2 aromatic rings. The minimum Gasteiger partial charge on any atom is -0.398 e. The maximum Gasteiger partial charge on any atom is 0.255 e. The second kappa shape index (κ2) is 8.39. The Labute approximate surface area is 163 Å². The van der Waals surface area contributed by atoms with E-state index in [2.05, 4.69) is 0 Å². The second-order valence-corrected chi connectivity index (χ2v) is 6.60. The van der Waals surface area contributed by atoms with Crippen LogP contribution >= 0.6 is 23.2 Å². The zero-order chi connectivity index (χ0) is 18.0. The first kappa shape index (κ1) is 20.0. The van der Waals surface area contributed by atoms with E-state index >= 15 is 0 Å². The van der Waals surface area contributed by atoms with Gasteiger partial charge in [0.05, 0.1) is 27.9 Å². The lowest BCUT2D eigenvalue weighted by Crippen LogP contribution is -2.41. The smallest absolute Gasteiger partial charge is 0.255 e. The van der Waals surface area contributed by atoms with Crippen LogP contribution in [-0.2, 0) is 0 Å². The van der Waals surface area contributed by atoms with Crippen molar-refractivity contribution in [2.24, 2.45) is 5.73 Å². The molecule has 1 aliphatic rings. The maximum absolute atomic E-state index is 12.7. The molecule has 2 aromatic carbocycles. The normalized spacial score (nSPS) is 16.1. The number of carbonyl (C=O) groups is 1. The van der Waals surface area contributed by atoms with Crippen LogP contribution in [0, 0.1) is 5.41 Å². The summed E-state index contributed by atoms with van der Waals surface area (Å²) >= 11 is 12.1. The third-order valence-corrected chi connectivity index (χ3v) is 5.04. The Kier molecular flexibility index (Phi) is 6.46. The summed E-state index contributed by atoms with van der Waals surface area (Å²) in [5.74, 6) is -0.227. The van der Waals surface area contributed by atoms with E-state index in [1.54, 1.807) is 23.1 Å². The van der Waals surface area contributed by atoms with Crippen molar-refractivity contribution in [3.8, 4) is 0 Å². The van der Waals surface area contributed by atoms with E-state index in [4.69, 9.17) is 34.3 Å². The lowest BCUT2D eigenvalue weighted by molar-refractivity contribution is 0.0776. The summed E-state index contributed by atoms with van der Waals surface area (Å²) in [6, 6.07) is 14.5. The van der Waals surface area contributed by atoms with Crippen LogP contribution in [-0.4, -0.2) is 29.6 Å². The summed E-state index contributed by atoms with van der Waals surface area (Å²) in [5.41, 5.74) is 9.20. The number of carbonyl (C=O) groups excluding carboxylic acids is 1. The van der Waals surface area contributed by atoms with Gasteiger partial charge in [0, 0.05) is 17.8 Å². The highest BCUT2D eigenvalue weighted by atomic mass is 35.5. The van der Waals surface area contributed by atoms with Crippen LogP contribution in [0.15, 0.2) is 54.1 Å². The third kappa shape index (κ3) is 3.92. The number of rotatable bonds is 2. The van der Waals surface area contributed by atoms with Crippen molar-refractivity contribution in [2.75, 3.05) is 13.1 Å². The molecule has 0 saturated carbocycles. The van der Waals surface area contributed by atoms with Crippen molar-refractivity contribution in [1.82, 2.24) is 4.90 Å². The SMILES string of the molecule is C.N=C1CN(C(=O)c2cccc(Cl)c2Cl)CCC1=C(N)c1ccccc1. The number of benzene rings is 2. The average molecular weight is 390 g/mol. The van der Waals surface area contributed by atoms with Crippen molar-refractivity contribution in [2.45, 2.75) is 13.8 Å². The minimum absolute atomic E-state index is 0. The summed E-state index contributed by atoms with van der Waals surface area (Å²) < 4.78 is 0. The van der Waals surface area contributed by atoms with Gasteiger partial charge in [-0.15, -0.1) is 0 Å². The molecule has 1 saturated heterocycles. The Morgan fingerprint density at radius 3 is 2.42 bits per heavy atom. The van der Waals surface area contributed by atoms with Crippen LogP contribution in [0.5, 0.6) is 0 Å². The number of nitrogens with zero attached hydrogens (tertiary/aromatic N) is 1. The lowest BCUT2D eigenvalue weighted by Gasteiger charge is -2.30. The van der Waals surface area contributed by atoms with Crippen LogP contribution in [0.2, 0.25) is 10.0 Å². The Bertz CT molecular complexity index is 863. The number of likely N-dealkylation sites (tertiary alicyclic amines) is 1. The molecule has 1 fully saturated rings. The van der Waals surface area contributed by atoms with Gasteiger partial charge in [-0.1, -0.05) is 67.0 Å². The number of hydrogen-bond acceptors (Lipinski definition) is 3. The first-order valence-electron chi connectivity index (χ1n) is 7.84. The molecule has 1 heterocycles. The number of halogens is 2. The van der Waals surface area contributed by atoms with E-state index in [9.17, 15) is 4.79 Å². The average Bonchev–Trinajstić information content (AvgIpc) is 2.63. The Morgan fingerprint density at radius 1 is 1.08 bits per heavy atom. The fourth-order valence-corrected chi connectivity index (χ4v) is 3.25. The first-order chi connectivity index (χ1) is 12.0. The molecule has 4 nitrogen and oxygen atoms in total. The molecule has 0 aromatic heterocycles. The summed E-state index contributed by atoms with van der Waals surface area (Å²) in [6.07, 6.45) is 0.531. The van der Waals surface area contributed by atoms with Gasteiger partial charge in [0.1, 0.15) is 0 Å². The highest BCUT2D eigenvalue weighted by molar-refractivity contribution is 6.43. The van der Waals surface area contributed by atoms with Crippen molar-refractivity contribution >= 4 is 40.5 Å². The van der Waals surface area contributed by atoms with Gasteiger partial charge in [-0.3, -0.25) is 4.79 Å². The van der Waals surface area contributed by atoms with Gasteiger partial charge in [-0.25, -0.2) is 0 Å². The number of piperidine rings is 1. The number of nitrogens with two attached hydrogens (primary N) is 1. The fourth-order valence-electron chi connectivity index (χ4n) is 2.86. The summed E-state index contributed by atoms with van der Waals surface area (Å²) in [7, 11) is 0. The molecule has 3 rings (SSSR count). The van der Waals surface area contributed by atoms with Gasteiger partial charge in [-0.05, 0) is 24.1 Å². The molecular formula is C20H21Cl2N3O. The largest absolute Gasteiger partial charge is 0.398 e. The maximum atomic E-state index is 12.7. The predicted molar refractivity (Wildman–Crippen MR) is 109 cm³/mol. The molecule has 0 bridgehead atoms. The third-order valence-electron chi connectivity index (χ3n) is 4.22. The van der Waals surface area contributed by atoms with Crippen LogP contribution in [0.3, 0.4) is 0 Å². The molecule has 0 spiro atoms. The van der Waals surface area contributed by atoms with Gasteiger partial charge in [0.25, 0.3) is 5.91 Å². The Hall–Kier alpha value is -2.30. The fraction of sp³-hybridized carbons (Fsp3) is 0.200. The molecule has 6 heteroatoms. The molecule has 26 heavy (non-hydrogen) atoms. The Morgan fingerprint density at radius 2 is 1.77 bits per heavy atom. The van der Waals surface area contributed by atoms with Crippen molar-refractivity contribution in [1.29, 1.82) is 5.41 Å². The van der Waals surface area contributed by atoms with Crippen LogP contribution in [0.25, 0.3) is 5.70 Å². The van der Waals surface area contributed by atoms with E-state index in [1.807, 2.05) is 30.3 Å². The molecule has 1 aliphatic heterocycles. The van der Waals surface area contributed by atoms with E-state index in [-0.39, 0.29) is 24.9 Å². The quantitative estimate of drug-likeness (QED) is 0.769. The highest BCUT2D eigenvalue weighted by Gasteiger charge is 2.27. The van der Waals surface area contributed by atoms with E-state index in [0.29, 0.717) is 35.0 Å². The standard InChI is InChI=1S/C19H17Cl2N3O.CH4/c20-15-8-4-7-14(17(15)21)19(25)24-10-9-13(16(22)11-24)18(23)12-5-2-1-3-6-12;/h1-8,22H,9-11,23H2;1H4. The van der Waals surface area contributed by atoms with Crippen molar-refractivity contribution in [3.63, 3.8) is 0 Å². The molecule has 0 unspecified atom stereocenters. The van der Waals surface area contributed by atoms with E-state index < -0.39 is 0 Å². The molecule has 136 valence electrons. The van der Waals surface area contributed by atoms with Crippen LogP contribution in [0.4, 0.5) is 0 Å². The van der Waals surface area contributed by atoms with Crippen molar-refractivity contribution < 1.29 is 4.79 Å². The number of hydrogen-bond donors (Lipinski definition) is 2. The molecule has 0 aliphatic carbocycles. The summed E-state index contributed by atoms with van der Waals surface area (Å²) in [5, 5.41) is 8.90. The van der Waals surface area contributed by atoms with Gasteiger partial charge >= 0.3 is 0 Å². The van der Waals surface area contributed by atoms with Crippen LogP contribution in [0.1, 0.15) is 29.8 Å². The first-order valence-corrected chi connectivity index (χ1v) is 8.59. The van der Waals surface area contributed by atoms with Crippen LogP contribution < -0.4 is 5.73 Å². The zero-order valence-electron chi connectivity index (χ0n) is 13.4. The highest BCUT2D eigenvalue weighted by Crippen LogP contribution is 2.28. The summed E-state index contributed by atoms with van der Waals surface area (Å²) in [6.45, 7) is 0.678. The minimum atomic E-state index is -0.227. The second-order valence-electron chi connectivity index (χ2n) is 5.81. The van der Waals surface area contributed by atoms with Gasteiger partial charge in [0.2, 0.25) is 0 Å². The molecule has 0 radical (unpaired) electrons. The van der Waals surface area contributed by atoms with E-state index in [0.717, 1.165) is 11.1 Å². The zero-order valence-corrected chi connectivity index (χ0v) is 14.9. The molecule has 0 atom stereocenters. The van der Waals surface area contributed by atoms with Gasteiger partial charge in [-0.2, -0.15) is 0 Å². The molecule has 1 amide bonds. The topological polar surface area (TPSA) is 70.2 Å². The predicted octanol–water partition coefficient (Wildman–Crippen LogP) is 4.87.